The Balaban J connectivity index is 1.67. The summed E-state index contributed by atoms with van der Waals surface area (Å²) >= 11 is 1.55. The van der Waals surface area contributed by atoms with Crippen molar-refractivity contribution in [3.8, 4) is 10.6 Å². The highest BCUT2D eigenvalue weighted by molar-refractivity contribution is 7.17. The van der Waals surface area contributed by atoms with Crippen LogP contribution in [0.25, 0.3) is 10.6 Å². The first-order valence-corrected chi connectivity index (χ1v) is 8.94. The standard InChI is InChI=1S/C17H21N5OS/c1-11-15(24-16(19-11)13-6-5-9-18-10-13)12(2)21-22-17(23)20-14-7-3-4-8-14/h5-6,9-10,14H,3-4,7-8H2,1-2H3,(H2,20,22,23). The normalized spacial score (nSPS) is 15.5. The highest BCUT2D eigenvalue weighted by Crippen LogP contribution is 2.27. The van der Waals surface area contributed by atoms with Crippen molar-refractivity contribution < 1.29 is 4.79 Å². The van der Waals surface area contributed by atoms with E-state index in [9.17, 15) is 4.79 Å². The van der Waals surface area contributed by atoms with E-state index >= 15 is 0 Å². The number of amides is 2. The van der Waals surface area contributed by atoms with Crippen molar-refractivity contribution in [2.24, 2.45) is 5.10 Å². The number of thiazole rings is 1. The number of pyridine rings is 1. The van der Waals surface area contributed by atoms with Gasteiger partial charge in [0.05, 0.1) is 16.3 Å². The molecule has 6 nitrogen and oxygen atoms in total. The number of aryl methyl sites for hydroxylation is 1. The SMILES string of the molecule is CC(=NNC(=O)NC1CCCC1)c1sc(-c2cccnc2)nc1C. The van der Waals surface area contributed by atoms with Gasteiger partial charge in [0, 0.05) is 24.0 Å². The summed E-state index contributed by atoms with van der Waals surface area (Å²) in [4.78, 5) is 21.6. The van der Waals surface area contributed by atoms with Gasteiger partial charge in [0.2, 0.25) is 0 Å². The summed E-state index contributed by atoms with van der Waals surface area (Å²) in [6.45, 7) is 3.83. The Morgan fingerprint density at radius 3 is 2.88 bits per heavy atom. The molecule has 0 unspecified atom stereocenters. The van der Waals surface area contributed by atoms with Crippen LogP contribution in [0.2, 0.25) is 0 Å². The number of carbonyl (C=O) groups excluding carboxylic acids is 1. The number of rotatable bonds is 4. The van der Waals surface area contributed by atoms with Crippen LogP contribution < -0.4 is 10.7 Å². The number of urea groups is 1. The van der Waals surface area contributed by atoms with Gasteiger partial charge in [0.1, 0.15) is 5.01 Å². The summed E-state index contributed by atoms with van der Waals surface area (Å²) in [7, 11) is 0. The molecule has 0 aromatic carbocycles. The third-order valence-corrected chi connectivity index (χ3v) is 5.36. The first-order chi connectivity index (χ1) is 11.6. The van der Waals surface area contributed by atoms with Crippen LogP contribution in [0.3, 0.4) is 0 Å². The lowest BCUT2D eigenvalue weighted by Crippen LogP contribution is -2.39. The molecular weight excluding hydrogens is 322 g/mol. The van der Waals surface area contributed by atoms with E-state index in [0.717, 1.165) is 39.7 Å². The van der Waals surface area contributed by atoms with Gasteiger partial charge in [0.25, 0.3) is 0 Å². The Morgan fingerprint density at radius 2 is 2.17 bits per heavy atom. The molecule has 0 atom stereocenters. The second-order valence-electron chi connectivity index (χ2n) is 5.94. The van der Waals surface area contributed by atoms with Crippen molar-refractivity contribution >= 4 is 23.1 Å². The maximum atomic E-state index is 11.9. The van der Waals surface area contributed by atoms with Crippen LogP contribution in [-0.2, 0) is 0 Å². The lowest BCUT2D eigenvalue weighted by atomic mass is 10.3. The summed E-state index contributed by atoms with van der Waals surface area (Å²) < 4.78 is 0. The third-order valence-electron chi connectivity index (χ3n) is 4.05. The minimum atomic E-state index is -0.240. The highest BCUT2D eigenvalue weighted by atomic mass is 32.1. The van der Waals surface area contributed by atoms with Gasteiger partial charge in [-0.2, -0.15) is 5.10 Å². The number of hydrogen-bond donors (Lipinski definition) is 2. The van der Waals surface area contributed by atoms with Crippen molar-refractivity contribution in [2.45, 2.75) is 45.6 Å². The topological polar surface area (TPSA) is 79.3 Å². The molecule has 2 heterocycles. The average molecular weight is 343 g/mol. The van der Waals surface area contributed by atoms with Crippen molar-refractivity contribution in [3.05, 3.63) is 35.1 Å². The van der Waals surface area contributed by atoms with Crippen molar-refractivity contribution in [2.75, 3.05) is 0 Å². The molecule has 1 aliphatic carbocycles. The van der Waals surface area contributed by atoms with Crippen LogP contribution in [0, 0.1) is 6.92 Å². The molecule has 0 bridgehead atoms. The number of hydrogen-bond acceptors (Lipinski definition) is 5. The Hall–Kier alpha value is -2.28. The van der Waals surface area contributed by atoms with E-state index in [1.165, 1.54) is 12.8 Å². The Bertz CT molecular complexity index is 735. The van der Waals surface area contributed by atoms with E-state index in [1.54, 1.807) is 23.7 Å². The zero-order chi connectivity index (χ0) is 16.9. The molecule has 0 radical (unpaired) electrons. The monoisotopic (exact) mass is 343 g/mol. The molecule has 0 spiro atoms. The molecule has 2 N–H and O–H groups in total. The summed E-state index contributed by atoms with van der Waals surface area (Å²) in [5.74, 6) is 0. The van der Waals surface area contributed by atoms with Gasteiger partial charge in [0.15, 0.2) is 0 Å². The second kappa shape index (κ2) is 7.53. The van der Waals surface area contributed by atoms with Gasteiger partial charge >= 0.3 is 6.03 Å². The minimum absolute atomic E-state index is 0.240. The molecule has 2 aromatic heterocycles. The van der Waals surface area contributed by atoms with E-state index in [0.29, 0.717) is 0 Å². The molecule has 24 heavy (non-hydrogen) atoms. The maximum absolute atomic E-state index is 11.9. The molecule has 0 aliphatic heterocycles. The summed E-state index contributed by atoms with van der Waals surface area (Å²) in [5, 5.41) is 8.07. The van der Waals surface area contributed by atoms with Gasteiger partial charge in [-0.1, -0.05) is 12.8 Å². The summed E-state index contributed by atoms with van der Waals surface area (Å²) in [6, 6.07) is 3.91. The highest BCUT2D eigenvalue weighted by Gasteiger charge is 2.17. The number of nitrogens with zero attached hydrogens (tertiary/aromatic N) is 3. The van der Waals surface area contributed by atoms with Gasteiger partial charge in [-0.3, -0.25) is 4.98 Å². The lowest BCUT2D eigenvalue weighted by Gasteiger charge is -2.10. The Morgan fingerprint density at radius 1 is 1.38 bits per heavy atom. The predicted molar refractivity (Wildman–Crippen MR) is 96.2 cm³/mol. The fourth-order valence-corrected chi connectivity index (χ4v) is 3.82. The van der Waals surface area contributed by atoms with Crippen LogP contribution >= 0.6 is 11.3 Å². The smallest absolute Gasteiger partial charge is 0.334 e. The molecule has 7 heteroatoms. The van der Waals surface area contributed by atoms with Crippen molar-refractivity contribution in [1.82, 2.24) is 20.7 Å². The van der Waals surface area contributed by atoms with Gasteiger partial charge in [-0.15, -0.1) is 11.3 Å². The Kier molecular flexibility index (Phi) is 5.20. The molecule has 1 fully saturated rings. The van der Waals surface area contributed by atoms with Crippen LogP contribution in [0.15, 0.2) is 29.6 Å². The molecule has 2 amide bonds. The van der Waals surface area contributed by atoms with Crippen LogP contribution in [0.4, 0.5) is 4.79 Å². The summed E-state index contributed by atoms with van der Waals surface area (Å²) in [5.41, 5.74) is 5.22. The molecule has 126 valence electrons. The van der Waals surface area contributed by atoms with Crippen LogP contribution in [0.1, 0.15) is 43.2 Å². The largest absolute Gasteiger partial charge is 0.335 e. The van der Waals surface area contributed by atoms with Crippen molar-refractivity contribution in [1.29, 1.82) is 0 Å². The van der Waals surface area contributed by atoms with Gasteiger partial charge in [-0.05, 0) is 38.8 Å². The van der Waals surface area contributed by atoms with E-state index < -0.39 is 0 Å². The molecular formula is C17H21N5OS. The Labute approximate surface area is 145 Å². The minimum Gasteiger partial charge on any atom is -0.334 e. The van der Waals surface area contributed by atoms with E-state index in [1.807, 2.05) is 26.0 Å². The predicted octanol–water partition coefficient (Wildman–Crippen LogP) is 3.48. The fourth-order valence-electron chi connectivity index (χ4n) is 2.82. The van der Waals surface area contributed by atoms with E-state index in [4.69, 9.17) is 0 Å². The number of aromatic nitrogens is 2. The van der Waals surface area contributed by atoms with Crippen molar-refractivity contribution in [3.63, 3.8) is 0 Å². The zero-order valence-electron chi connectivity index (χ0n) is 13.9. The van der Waals surface area contributed by atoms with Gasteiger partial charge < -0.3 is 5.32 Å². The van der Waals surface area contributed by atoms with E-state index in [-0.39, 0.29) is 12.1 Å². The fraction of sp³-hybridized carbons (Fsp3) is 0.412. The number of carbonyl (C=O) groups is 1. The molecule has 1 saturated carbocycles. The second-order valence-corrected chi connectivity index (χ2v) is 6.94. The zero-order valence-corrected chi connectivity index (χ0v) is 14.7. The molecule has 3 rings (SSSR count). The lowest BCUT2D eigenvalue weighted by molar-refractivity contribution is 0.237. The average Bonchev–Trinajstić information content (AvgIpc) is 3.23. The number of hydrazone groups is 1. The first kappa shape index (κ1) is 16.6. The quantitative estimate of drug-likeness (QED) is 0.659. The molecule has 1 aliphatic rings. The summed E-state index contributed by atoms with van der Waals surface area (Å²) in [6.07, 6.45) is 8.01. The maximum Gasteiger partial charge on any atom is 0.335 e. The first-order valence-electron chi connectivity index (χ1n) is 8.12. The van der Waals surface area contributed by atoms with Crippen LogP contribution in [-0.4, -0.2) is 27.8 Å². The third kappa shape index (κ3) is 3.97. The number of nitrogens with one attached hydrogen (secondary N) is 2. The van der Waals surface area contributed by atoms with Crippen LogP contribution in [0.5, 0.6) is 0 Å². The van der Waals surface area contributed by atoms with E-state index in [2.05, 4.69) is 25.8 Å². The molecule has 2 aromatic rings. The van der Waals surface area contributed by atoms with Gasteiger partial charge in [-0.25, -0.2) is 15.2 Å². The molecule has 0 saturated heterocycles.